The van der Waals surface area contributed by atoms with Gasteiger partial charge < -0.3 is 37.8 Å². The molecular formula is C61H62F4N8O8. The van der Waals surface area contributed by atoms with Crippen LogP contribution in [0.1, 0.15) is 149 Å². The van der Waals surface area contributed by atoms with E-state index in [1.165, 1.54) is 19.2 Å². The van der Waals surface area contributed by atoms with E-state index >= 15 is 0 Å². The van der Waals surface area contributed by atoms with Crippen LogP contribution in [-0.4, -0.2) is 65.4 Å². The predicted octanol–water partition coefficient (Wildman–Crippen LogP) is 13.4. The number of ether oxygens (including phenoxy) is 1. The van der Waals surface area contributed by atoms with E-state index in [4.69, 9.17) is 23.8 Å². The molecule has 2 aliphatic heterocycles. The average Bonchev–Trinajstić information content (AvgIpc) is 4.26. The number of fused-ring (bicyclic) bond motifs is 2. The molecule has 8 aromatic rings. The number of rotatable bonds is 10. The van der Waals surface area contributed by atoms with Crippen molar-refractivity contribution in [3.8, 4) is 22.3 Å². The van der Waals surface area contributed by atoms with Gasteiger partial charge in [0.15, 0.2) is 23.3 Å². The minimum Gasteiger partial charge on any atom is -0.481 e. The molecule has 4 aromatic heterocycles. The van der Waals surface area contributed by atoms with E-state index < -0.39 is 41.3 Å². The molecule has 0 bridgehead atoms. The molecular weight excluding hydrogens is 1050 g/mol. The molecule has 2 saturated carbocycles. The summed E-state index contributed by atoms with van der Waals surface area (Å²) in [5.74, 6) is -2.98. The number of aryl methyl sites for hydroxylation is 4. The molecule has 0 unspecified atom stereocenters. The Hall–Kier alpha value is -8.16. The number of hydrogen-bond donors (Lipinski definition) is 1. The summed E-state index contributed by atoms with van der Waals surface area (Å²) >= 11 is 0. The summed E-state index contributed by atoms with van der Waals surface area (Å²) < 4.78 is 76.3. The fourth-order valence-corrected chi connectivity index (χ4v) is 13.0. The van der Waals surface area contributed by atoms with Crippen molar-refractivity contribution in [3.63, 3.8) is 0 Å². The Morgan fingerprint density at radius 2 is 0.975 bits per heavy atom. The highest BCUT2D eigenvalue weighted by Gasteiger charge is 2.40. The Morgan fingerprint density at radius 3 is 1.35 bits per heavy atom. The van der Waals surface area contributed by atoms with Crippen molar-refractivity contribution in [1.29, 1.82) is 0 Å². The first-order chi connectivity index (χ1) is 39.0. The van der Waals surface area contributed by atoms with Crippen LogP contribution in [0.15, 0.2) is 81.8 Å². The van der Waals surface area contributed by atoms with Crippen molar-refractivity contribution in [2.45, 2.75) is 142 Å². The van der Waals surface area contributed by atoms with Crippen LogP contribution in [0.25, 0.3) is 44.3 Å². The summed E-state index contributed by atoms with van der Waals surface area (Å²) in [7, 11) is 1.42. The van der Waals surface area contributed by atoms with Crippen LogP contribution in [-0.2, 0) is 23.9 Å². The Labute approximate surface area is 464 Å². The van der Waals surface area contributed by atoms with Crippen molar-refractivity contribution in [2.75, 3.05) is 16.9 Å². The van der Waals surface area contributed by atoms with E-state index in [9.17, 15) is 41.8 Å². The van der Waals surface area contributed by atoms with Crippen LogP contribution in [0.4, 0.5) is 28.9 Å². The summed E-state index contributed by atoms with van der Waals surface area (Å²) in [5.41, 5.74) is 9.09. The van der Waals surface area contributed by atoms with Gasteiger partial charge in [-0.1, -0.05) is 22.4 Å². The molecule has 4 aliphatic rings. The molecule has 1 N–H and O–H groups in total. The monoisotopic (exact) mass is 1110 g/mol. The quantitative estimate of drug-likeness (QED) is 0.101. The Kier molecular flexibility index (Phi) is 15.2. The zero-order valence-electron chi connectivity index (χ0n) is 45.7. The molecule has 4 aromatic carbocycles. The molecule has 4 fully saturated rings. The Bertz CT molecular complexity index is 3700. The van der Waals surface area contributed by atoms with Gasteiger partial charge in [-0.05, 0) is 164 Å². The first-order valence-corrected chi connectivity index (χ1v) is 27.7. The number of esters is 1. The van der Waals surface area contributed by atoms with Gasteiger partial charge in [0.1, 0.15) is 23.2 Å². The second-order valence-corrected chi connectivity index (χ2v) is 21.9. The number of benzene rings is 4. The molecule has 20 heteroatoms. The van der Waals surface area contributed by atoms with Crippen molar-refractivity contribution in [1.82, 2.24) is 29.4 Å². The molecule has 12 rings (SSSR count). The van der Waals surface area contributed by atoms with Crippen LogP contribution in [0.3, 0.4) is 0 Å². The number of carbonyl (C=O) groups is 4. The Morgan fingerprint density at radius 1 is 0.556 bits per heavy atom. The van der Waals surface area contributed by atoms with Gasteiger partial charge in [0.25, 0.3) is 0 Å². The van der Waals surface area contributed by atoms with Crippen molar-refractivity contribution < 1.29 is 55.6 Å². The minimum absolute atomic E-state index is 0.00986. The topological polar surface area (TPSA) is 192 Å². The van der Waals surface area contributed by atoms with Crippen molar-refractivity contribution in [2.24, 2.45) is 11.8 Å². The smallest absolute Gasteiger partial charge is 0.308 e. The maximum atomic E-state index is 14.3. The lowest BCUT2D eigenvalue weighted by Gasteiger charge is -2.37. The minimum atomic E-state index is -1.01. The average molecular weight is 1110 g/mol. The highest BCUT2D eigenvalue weighted by atomic mass is 19.2. The number of hydrogen-bond acceptors (Lipinski definition) is 11. The summed E-state index contributed by atoms with van der Waals surface area (Å²) in [6, 6.07) is 18.2. The van der Waals surface area contributed by atoms with Crippen molar-refractivity contribution in [3.05, 3.63) is 131 Å². The van der Waals surface area contributed by atoms with Crippen molar-refractivity contribution >= 4 is 57.2 Å². The van der Waals surface area contributed by atoms with Crippen LogP contribution in [0.5, 0.6) is 0 Å². The number of anilines is 2. The molecule has 16 nitrogen and oxygen atoms in total. The fourth-order valence-electron chi connectivity index (χ4n) is 13.0. The molecule has 81 heavy (non-hydrogen) atoms. The van der Waals surface area contributed by atoms with Gasteiger partial charge in [0, 0.05) is 59.6 Å². The zero-order chi connectivity index (χ0) is 57.0. The predicted molar refractivity (Wildman–Crippen MR) is 292 cm³/mol. The number of methoxy groups -OCH3 is 1. The normalized spacial score (nSPS) is 21.6. The molecule has 2 atom stereocenters. The summed E-state index contributed by atoms with van der Waals surface area (Å²) in [4.78, 5) is 63.8. The molecule has 2 amide bonds. The standard InChI is InChI=1S/C31H32F2N4O4.C30H30F2N4O4/c1-17-29(18(2)41-35-17)20-9-14-26-25(15-20)34-30(37(26)21-10-7-19(8-11-21)31(39)40-3)27-5-4-6-28(38)36(27)22-12-13-23(32)24(33)16-22;1-16-28(17(2)40-34-16)19-8-13-25-24(14-19)33-29(36(25)20-9-6-18(7-10-20)30(38)39)26-4-3-5-27(37)35(26)21-11-12-22(31)23(32)15-21/h9,12-16,19,21,27H,4-8,10-11H2,1-3H3;8,11-15,18,20,26H,3-7,9-10H2,1-2H3,(H,38,39)/t19?,21?,27-;18?,20?,26-/m00/s1. The van der Waals surface area contributed by atoms with E-state index in [1.54, 1.807) is 9.80 Å². The van der Waals surface area contributed by atoms with Gasteiger partial charge in [-0.2, -0.15) is 0 Å². The summed E-state index contributed by atoms with van der Waals surface area (Å²) in [5, 5.41) is 17.7. The lowest BCUT2D eigenvalue weighted by atomic mass is 9.85. The van der Waals surface area contributed by atoms with E-state index in [0.717, 1.165) is 92.8 Å². The SMILES string of the molecule is COC(=O)C1CCC(n2c([C@@H]3CCCC(=O)N3c3ccc(F)c(F)c3)nc3cc(-c4c(C)noc4C)ccc32)CC1.Cc1noc(C)c1-c1ccc2c(c1)nc([C@@H]1CCCC(=O)N1c1ccc(F)c(F)c1)n2C1CCC(C(=O)O)CC1. The first kappa shape index (κ1) is 54.8. The highest BCUT2D eigenvalue weighted by Crippen LogP contribution is 2.45. The molecule has 0 spiro atoms. The lowest BCUT2D eigenvalue weighted by Crippen LogP contribution is -2.40. The van der Waals surface area contributed by atoms with Crippen LogP contribution in [0, 0.1) is 62.8 Å². The maximum absolute atomic E-state index is 14.3. The molecule has 422 valence electrons. The number of piperidine rings is 2. The third kappa shape index (κ3) is 10.4. The number of amides is 2. The van der Waals surface area contributed by atoms with E-state index in [1.807, 2.05) is 64.1 Å². The Balaban J connectivity index is 0.000000170. The highest BCUT2D eigenvalue weighted by molar-refractivity contribution is 5.96. The number of imidazole rings is 2. The van der Waals surface area contributed by atoms with Gasteiger partial charge in [-0.3, -0.25) is 19.2 Å². The van der Waals surface area contributed by atoms with Gasteiger partial charge in [-0.15, -0.1) is 0 Å². The number of nitrogens with zero attached hydrogens (tertiary/aromatic N) is 8. The largest absolute Gasteiger partial charge is 0.481 e. The van der Waals surface area contributed by atoms with Crippen LogP contribution >= 0.6 is 0 Å². The number of carboxylic acid groups (broad SMARTS) is 1. The second-order valence-electron chi connectivity index (χ2n) is 21.9. The van der Waals surface area contributed by atoms with E-state index in [0.29, 0.717) is 112 Å². The summed E-state index contributed by atoms with van der Waals surface area (Å²) in [6.45, 7) is 7.51. The lowest BCUT2D eigenvalue weighted by molar-refractivity contribution is -0.147. The third-order valence-corrected chi connectivity index (χ3v) is 16.9. The van der Waals surface area contributed by atoms with Gasteiger partial charge >= 0.3 is 11.9 Å². The van der Waals surface area contributed by atoms with Crippen LogP contribution < -0.4 is 9.80 Å². The van der Waals surface area contributed by atoms with Crippen LogP contribution in [0.2, 0.25) is 0 Å². The number of aliphatic carboxylic acids is 1. The number of carbonyl (C=O) groups excluding carboxylic acids is 3. The first-order valence-electron chi connectivity index (χ1n) is 27.7. The van der Waals surface area contributed by atoms with Gasteiger partial charge in [0.05, 0.1) is 64.5 Å². The summed E-state index contributed by atoms with van der Waals surface area (Å²) in [6.07, 6.45) is 8.43. The number of halogens is 4. The third-order valence-electron chi connectivity index (χ3n) is 16.9. The number of carboxylic acids is 1. The second kappa shape index (κ2) is 22.4. The van der Waals surface area contributed by atoms with Gasteiger partial charge in [0.2, 0.25) is 11.8 Å². The molecule has 0 radical (unpaired) electrons. The number of aromatic nitrogens is 6. The molecule has 2 aliphatic carbocycles. The van der Waals surface area contributed by atoms with E-state index in [2.05, 4.69) is 19.4 Å². The maximum Gasteiger partial charge on any atom is 0.308 e. The van der Waals surface area contributed by atoms with Gasteiger partial charge in [-0.25, -0.2) is 27.5 Å². The molecule has 6 heterocycles. The van der Waals surface area contributed by atoms with E-state index in [-0.39, 0.29) is 41.7 Å². The zero-order valence-corrected chi connectivity index (χ0v) is 45.7. The molecule has 2 saturated heterocycles. The fraction of sp³-hybridized carbons (Fsp3) is 0.410.